The molecule has 0 radical (unpaired) electrons. The summed E-state index contributed by atoms with van der Waals surface area (Å²) in [6.45, 7) is 6.97. The molecule has 106 valence electrons. The van der Waals surface area contributed by atoms with E-state index in [4.69, 9.17) is 4.74 Å². The van der Waals surface area contributed by atoms with E-state index in [1.807, 2.05) is 19.1 Å². The monoisotopic (exact) mass is 273 g/mol. The molecule has 0 saturated heterocycles. The minimum Gasteiger partial charge on any atom is -0.481 e. The van der Waals surface area contributed by atoms with Crippen molar-refractivity contribution in [3.8, 4) is 0 Å². The van der Waals surface area contributed by atoms with Gasteiger partial charge in [-0.15, -0.1) is 0 Å². The van der Waals surface area contributed by atoms with Crippen molar-refractivity contribution in [3.05, 3.63) is 35.5 Å². The number of carboxylic acids is 1. The number of hydrogen-bond acceptors (Lipinski definition) is 2. The van der Waals surface area contributed by atoms with E-state index in [1.165, 1.54) is 5.39 Å². The van der Waals surface area contributed by atoms with E-state index in [9.17, 15) is 9.90 Å². The minimum atomic E-state index is -0.828. The predicted molar refractivity (Wildman–Crippen MR) is 76.8 cm³/mol. The summed E-state index contributed by atoms with van der Waals surface area (Å²) in [5.74, 6) is -1.42. The number of aryl methyl sites for hydroxylation is 1. The molecule has 20 heavy (non-hydrogen) atoms. The van der Waals surface area contributed by atoms with Crippen LogP contribution in [0.2, 0.25) is 0 Å². The van der Waals surface area contributed by atoms with Crippen LogP contribution in [0.3, 0.4) is 0 Å². The highest BCUT2D eigenvalue weighted by molar-refractivity contribution is 5.86. The summed E-state index contributed by atoms with van der Waals surface area (Å²) in [6.07, 6.45) is 0. The van der Waals surface area contributed by atoms with Gasteiger partial charge in [0, 0.05) is 17.4 Å². The van der Waals surface area contributed by atoms with Gasteiger partial charge in [0.15, 0.2) is 0 Å². The van der Waals surface area contributed by atoms with Crippen LogP contribution in [0, 0.1) is 12.8 Å². The zero-order chi connectivity index (χ0) is 14.5. The fourth-order valence-electron chi connectivity index (χ4n) is 3.33. The highest BCUT2D eigenvalue weighted by atomic mass is 16.5. The summed E-state index contributed by atoms with van der Waals surface area (Å²) >= 11 is 0. The normalized spacial score (nSPS) is 23.6. The summed E-state index contributed by atoms with van der Waals surface area (Å²) < 4.78 is 8.14. The van der Waals surface area contributed by atoms with Crippen LogP contribution in [0.5, 0.6) is 0 Å². The van der Waals surface area contributed by atoms with Gasteiger partial charge in [0.05, 0.1) is 18.2 Å². The molecule has 2 heterocycles. The Morgan fingerprint density at radius 1 is 1.45 bits per heavy atom. The number of fused-ring (bicyclic) bond motifs is 3. The van der Waals surface area contributed by atoms with Crippen molar-refractivity contribution in [2.24, 2.45) is 5.92 Å². The van der Waals surface area contributed by atoms with Crippen molar-refractivity contribution < 1.29 is 14.6 Å². The van der Waals surface area contributed by atoms with E-state index in [1.54, 1.807) is 6.92 Å². The molecule has 4 nitrogen and oxygen atoms in total. The molecule has 0 aliphatic carbocycles. The first-order chi connectivity index (χ1) is 9.47. The lowest BCUT2D eigenvalue weighted by Gasteiger charge is -2.39. The third-order valence-electron chi connectivity index (χ3n) is 4.61. The average molecular weight is 273 g/mol. The lowest BCUT2D eigenvalue weighted by molar-refractivity contribution is -0.160. The van der Waals surface area contributed by atoms with Crippen LogP contribution in [0.25, 0.3) is 10.9 Å². The minimum absolute atomic E-state index is 0.541. The molecule has 0 spiro atoms. The zero-order valence-corrected chi connectivity index (χ0v) is 12.0. The van der Waals surface area contributed by atoms with Gasteiger partial charge in [-0.2, -0.15) is 0 Å². The van der Waals surface area contributed by atoms with Crippen LogP contribution in [-0.2, 0) is 21.7 Å². The van der Waals surface area contributed by atoms with Crippen molar-refractivity contribution >= 4 is 16.9 Å². The first-order valence-corrected chi connectivity index (χ1v) is 6.92. The Morgan fingerprint density at radius 3 is 2.85 bits per heavy atom. The average Bonchev–Trinajstić information content (AvgIpc) is 2.73. The van der Waals surface area contributed by atoms with Crippen molar-refractivity contribution in [2.75, 3.05) is 6.61 Å². The summed E-state index contributed by atoms with van der Waals surface area (Å²) in [6, 6.07) is 8.20. The Morgan fingerprint density at radius 2 is 2.15 bits per heavy atom. The molecule has 3 rings (SSSR count). The summed E-state index contributed by atoms with van der Waals surface area (Å²) in [7, 11) is 0. The number of aromatic nitrogens is 1. The van der Waals surface area contributed by atoms with E-state index < -0.39 is 17.5 Å². The van der Waals surface area contributed by atoms with Crippen LogP contribution < -0.4 is 0 Å². The highest BCUT2D eigenvalue weighted by Gasteiger charge is 2.44. The van der Waals surface area contributed by atoms with E-state index in [-0.39, 0.29) is 0 Å². The number of ether oxygens (including phenoxy) is 1. The Bertz CT molecular complexity index is 688. The molecule has 2 atom stereocenters. The second kappa shape index (κ2) is 4.35. The Kier molecular flexibility index (Phi) is 2.87. The van der Waals surface area contributed by atoms with Gasteiger partial charge in [-0.3, -0.25) is 4.79 Å². The van der Waals surface area contributed by atoms with E-state index >= 15 is 0 Å². The molecule has 0 amide bonds. The Balaban J connectivity index is 2.30. The maximum absolute atomic E-state index is 11.5. The maximum Gasteiger partial charge on any atom is 0.309 e. The van der Waals surface area contributed by atoms with E-state index in [2.05, 4.69) is 23.6 Å². The van der Waals surface area contributed by atoms with E-state index in [0.717, 1.165) is 23.3 Å². The van der Waals surface area contributed by atoms with Gasteiger partial charge in [0.1, 0.15) is 5.60 Å². The fraction of sp³-hybridized carbons (Fsp3) is 0.438. The molecular formula is C16H19NO3. The largest absolute Gasteiger partial charge is 0.481 e. The van der Waals surface area contributed by atoms with Gasteiger partial charge in [-0.1, -0.05) is 18.2 Å². The smallest absolute Gasteiger partial charge is 0.309 e. The van der Waals surface area contributed by atoms with Crippen LogP contribution in [0.1, 0.15) is 25.1 Å². The molecule has 2 unspecified atom stereocenters. The number of para-hydroxylation sites is 1. The van der Waals surface area contributed by atoms with Gasteiger partial charge in [0.2, 0.25) is 0 Å². The lowest BCUT2D eigenvalue weighted by atomic mass is 9.84. The standard InChI is InChI=1S/C16H19NO3/c1-10-12-6-4-5-7-13(12)17-8-9-20-16(3,14(10)17)11(2)15(18)19/h4-7,11H,8-9H2,1-3H3,(H,18,19). The van der Waals surface area contributed by atoms with Crippen LogP contribution in [-0.4, -0.2) is 22.2 Å². The molecule has 0 bridgehead atoms. The van der Waals surface area contributed by atoms with Crippen LogP contribution in [0.4, 0.5) is 0 Å². The molecule has 1 aromatic carbocycles. The first-order valence-electron chi connectivity index (χ1n) is 6.92. The van der Waals surface area contributed by atoms with Crippen molar-refractivity contribution in [1.82, 2.24) is 4.57 Å². The molecule has 0 fully saturated rings. The number of rotatable bonds is 2. The number of aliphatic carboxylic acids is 1. The third-order valence-corrected chi connectivity index (χ3v) is 4.61. The van der Waals surface area contributed by atoms with Gasteiger partial charge in [-0.05, 0) is 32.4 Å². The zero-order valence-electron chi connectivity index (χ0n) is 12.0. The molecule has 1 aliphatic rings. The second-order valence-corrected chi connectivity index (χ2v) is 5.66. The topological polar surface area (TPSA) is 51.5 Å². The van der Waals surface area contributed by atoms with Gasteiger partial charge >= 0.3 is 5.97 Å². The summed E-state index contributed by atoms with van der Waals surface area (Å²) in [5, 5.41) is 10.6. The molecule has 4 heteroatoms. The SMILES string of the molecule is Cc1c2n(c3ccccc13)CCOC2(C)C(C)C(=O)O. The van der Waals surface area contributed by atoms with Crippen LogP contribution in [0.15, 0.2) is 24.3 Å². The maximum atomic E-state index is 11.5. The molecule has 1 N–H and O–H groups in total. The molecule has 0 saturated carbocycles. The fourth-order valence-corrected chi connectivity index (χ4v) is 3.33. The second-order valence-electron chi connectivity index (χ2n) is 5.66. The highest BCUT2D eigenvalue weighted by Crippen LogP contribution is 2.42. The number of benzene rings is 1. The molecule has 1 aliphatic heterocycles. The van der Waals surface area contributed by atoms with Gasteiger partial charge in [0.25, 0.3) is 0 Å². The third kappa shape index (κ3) is 1.61. The van der Waals surface area contributed by atoms with Gasteiger partial charge < -0.3 is 14.4 Å². The summed E-state index contributed by atoms with van der Waals surface area (Å²) in [5.41, 5.74) is 2.50. The number of nitrogens with zero attached hydrogens (tertiary/aromatic N) is 1. The predicted octanol–water partition coefficient (Wildman–Crippen LogP) is 2.92. The number of carbonyl (C=O) groups is 1. The summed E-state index contributed by atoms with van der Waals surface area (Å²) in [4.78, 5) is 11.5. The number of carboxylic acid groups (broad SMARTS) is 1. The van der Waals surface area contributed by atoms with Crippen LogP contribution >= 0.6 is 0 Å². The van der Waals surface area contributed by atoms with Crippen molar-refractivity contribution in [2.45, 2.75) is 32.9 Å². The van der Waals surface area contributed by atoms with E-state index in [0.29, 0.717) is 6.61 Å². The molecule has 1 aromatic heterocycles. The Labute approximate surface area is 118 Å². The Hall–Kier alpha value is -1.81. The van der Waals surface area contributed by atoms with Crippen molar-refractivity contribution in [3.63, 3.8) is 0 Å². The van der Waals surface area contributed by atoms with Crippen molar-refractivity contribution in [1.29, 1.82) is 0 Å². The quantitative estimate of drug-likeness (QED) is 0.915. The lowest BCUT2D eigenvalue weighted by Crippen LogP contribution is -2.44. The first kappa shape index (κ1) is 13.2. The molecular weight excluding hydrogens is 254 g/mol. The molecule has 2 aromatic rings. The number of hydrogen-bond donors (Lipinski definition) is 1. The van der Waals surface area contributed by atoms with Gasteiger partial charge in [-0.25, -0.2) is 0 Å².